The van der Waals surface area contributed by atoms with Gasteiger partial charge < -0.3 is 10.0 Å². The van der Waals surface area contributed by atoms with Crippen molar-refractivity contribution in [1.29, 1.82) is 5.26 Å². The van der Waals surface area contributed by atoms with Crippen LogP contribution in [0, 0.1) is 16.7 Å². The number of hydrogen-bond acceptors (Lipinski definition) is 5. The first-order valence-electron chi connectivity index (χ1n) is 9.72. The molecule has 2 aliphatic rings. The molecule has 2 aliphatic heterocycles. The molecule has 0 aromatic heterocycles. The van der Waals surface area contributed by atoms with Gasteiger partial charge in [-0.05, 0) is 29.2 Å². The molecule has 0 saturated carbocycles. The second kappa shape index (κ2) is 7.06. The maximum atomic E-state index is 13.5. The van der Waals surface area contributed by atoms with Crippen LogP contribution >= 0.6 is 0 Å². The lowest BCUT2D eigenvalue weighted by molar-refractivity contribution is -0.129. The van der Waals surface area contributed by atoms with Crippen molar-refractivity contribution in [3.63, 3.8) is 0 Å². The van der Waals surface area contributed by atoms with E-state index in [-0.39, 0.29) is 28.5 Å². The number of aliphatic hydroxyl groups is 1. The Morgan fingerprint density at radius 3 is 2.39 bits per heavy atom. The molecule has 2 aromatic rings. The van der Waals surface area contributed by atoms with E-state index in [1.165, 1.54) is 11.0 Å². The van der Waals surface area contributed by atoms with Gasteiger partial charge in [0.1, 0.15) is 17.0 Å². The zero-order valence-corrected chi connectivity index (χ0v) is 18.1. The minimum absolute atomic E-state index is 0.0188. The van der Waals surface area contributed by atoms with Gasteiger partial charge in [-0.15, -0.1) is 0 Å². The Morgan fingerprint density at radius 2 is 1.77 bits per heavy atom. The zero-order chi connectivity index (χ0) is 22.6. The third-order valence-corrected chi connectivity index (χ3v) is 6.76. The predicted molar refractivity (Wildman–Crippen MR) is 115 cm³/mol. The molecular formula is C23H21N3O4S. The molecule has 1 unspecified atom stereocenters. The van der Waals surface area contributed by atoms with Crippen LogP contribution in [0.4, 0.5) is 0 Å². The van der Waals surface area contributed by atoms with Gasteiger partial charge in [0, 0.05) is 12.1 Å². The number of hydrogen-bond donors (Lipinski definition) is 1. The summed E-state index contributed by atoms with van der Waals surface area (Å²) in [5.41, 5.74) is 0.984. The van der Waals surface area contributed by atoms with E-state index in [0.717, 1.165) is 5.56 Å². The average Bonchev–Trinajstić information content (AvgIpc) is 3.12. The van der Waals surface area contributed by atoms with Gasteiger partial charge in [0.2, 0.25) is 0 Å². The lowest BCUT2D eigenvalue weighted by atomic mass is 9.84. The highest BCUT2D eigenvalue weighted by atomic mass is 32.2. The van der Waals surface area contributed by atoms with E-state index in [1.54, 1.807) is 42.5 Å². The summed E-state index contributed by atoms with van der Waals surface area (Å²) < 4.78 is 28.8. The molecule has 8 heteroatoms. The van der Waals surface area contributed by atoms with Crippen LogP contribution in [0.15, 0.2) is 69.2 Å². The second-order valence-electron chi connectivity index (χ2n) is 8.68. The number of fused-ring (bicyclic) bond motifs is 1. The molecule has 1 atom stereocenters. The van der Waals surface area contributed by atoms with Crippen molar-refractivity contribution in [2.75, 3.05) is 0 Å². The Bertz CT molecular complexity index is 1290. The maximum Gasteiger partial charge on any atom is 0.283 e. The number of aliphatic hydroxyl groups excluding tert-OH is 1. The molecule has 158 valence electrons. The highest BCUT2D eigenvalue weighted by molar-refractivity contribution is 7.90. The summed E-state index contributed by atoms with van der Waals surface area (Å²) in [6.07, 6.45) is 0. The highest BCUT2D eigenvalue weighted by Crippen LogP contribution is 2.40. The van der Waals surface area contributed by atoms with Crippen molar-refractivity contribution in [2.24, 2.45) is 9.81 Å². The Morgan fingerprint density at radius 1 is 1.13 bits per heavy atom. The van der Waals surface area contributed by atoms with Crippen molar-refractivity contribution in [3.8, 4) is 6.07 Å². The van der Waals surface area contributed by atoms with Crippen LogP contribution in [0.3, 0.4) is 0 Å². The monoisotopic (exact) mass is 435 g/mol. The summed E-state index contributed by atoms with van der Waals surface area (Å²) >= 11 is 0. The summed E-state index contributed by atoms with van der Waals surface area (Å²) in [6, 6.07) is 14.5. The number of rotatable bonds is 3. The maximum absolute atomic E-state index is 13.5. The first kappa shape index (κ1) is 20.8. The number of nitrogens with zero attached hydrogens (tertiary/aromatic N) is 3. The van der Waals surface area contributed by atoms with E-state index < -0.39 is 27.4 Å². The molecule has 2 aromatic carbocycles. The average molecular weight is 436 g/mol. The van der Waals surface area contributed by atoms with Gasteiger partial charge in [0.25, 0.3) is 15.9 Å². The van der Waals surface area contributed by atoms with Gasteiger partial charge in [-0.3, -0.25) is 4.79 Å². The molecule has 7 nitrogen and oxygen atoms in total. The second-order valence-corrected chi connectivity index (χ2v) is 10.3. The lowest BCUT2D eigenvalue weighted by Gasteiger charge is -2.35. The van der Waals surface area contributed by atoms with Crippen molar-refractivity contribution in [3.05, 3.63) is 76.6 Å². The molecule has 31 heavy (non-hydrogen) atoms. The van der Waals surface area contributed by atoms with Crippen LogP contribution in [0.5, 0.6) is 0 Å². The van der Waals surface area contributed by atoms with Gasteiger partial charge in [-0.1, -0.05) is 51.1 Å². The van der Waals surface area contributed by atoms with Crippen molar-refractivity contribution < 1.29 is 18.3 Å². The highest BCUT2D eigenvalue weighted by Gasteiger charge is 2.48. The first-order chi connectivity index (χ1) is 14.5. The van der Waals surface area contributed by atoms with Gasteiger partial charge in [0.05, 0.1) is 22.6 Å². The molecule has 0 radical (unpaired) electrons. The third-order valence-electron chi connectivity index (χ3n) is 5.43. The molecule has 0 fully saturated rings. The molecule has 2 heterocycles. The number of carbonyl (C=O) groups is 1. The molecule has 4 rings (SSSR count). The van der Waals surface area contributed by atoms with E-state index in [9.17, 15) is 18.3 Å². The smallest absolute Gasteiger partial charge is 0.283 e. The van der Waals surface area contributed by atoms with Gasteiger partial charge >= 0.3 is 0 Å². The minimum Gasteiger partial charge on any atom is -0.509 e. The van der Waals surface area contributed by atoms with E-state index in [2.05, 4.69) is 10.5 Å². The third kappa shape index (κ3) is 3.41. The fourth-order valence-corrected chi connectivity index (χ4v) is 5.31. The molecular weight excluding hydrogens is 414 g/mol. The summed E-state index contributed by atoms with van der Waals surface area (Å²) in [5, 5.41) is 20.1. The van der Waals surface area contributed by atoms with E-state index in [1.807, 2.05) is 20.8 Å². The standard InChI is InChI=1S/C23H21N3O4S/c1-23(2,3)21-20(27)18(19-16-6-4-5-7-17(16)31(29,30)25-19)22(28)26(21)13-15-10-8-14(12-24)9-11-15/h4-11,21,27H,13H2,1-3H3. The Kier molecular flexibility index (Phi) is 4.74. The molecule has 0 spiro atoms. The lowest BCUT2D eigenvalue weighted by Crippen LogP contribution is -2.43. The van der Waals surface area contributed by atoms with E-state index in [0.29, 0.717) is 11.1 Å². The van der Waals surface area contributed by atoms with Gasteiger partial charge in [-0.25, -0.2) is 0 Å². The van der Waals surface area contributed by atoms with E-state index >= 15 is 0 Å². The van der Waals surface area contributed by atoms with Crippen molar-refractivity contribution in [2.45, 2.75) is 38.3 Å². The normalized spacial score (nSPS) is 19.9. The minimum atomic E-state index is -3.93. The first-order valence-corrected chi connectivity index (χ1v) is 11.2. The Hall–Kier alpha value is -3.44. The van der Waals surface area contributed by atoms with Crippen LogP contribution < -0.4 is 0 Å². The van der Waals surface area contributed by atoms with Gasteiger partial charge in [0.15, 0.2) is 0 Å². The predicted octanol–water partition coefficient (Wildman–Crippen LogP) is 3.32. The largest absolute Gasteiger partial charge is 0.509 e. The van der Waals surface area contributed by atoms with Crippen LogP contribution in [0.1, 0.15) is 37.5 Å². The number of nitriles is 1. The van der Waals surface area contributed by atoms with E-state index in [4.69, 9.17) is 5.26 Å². The quantitative estimate of drug-likeness (QED) is 0.795. The van der Waals surface area contributed by atoms with Crippen LogP contribution in [0.2, 0.25) is 0 Å². The summed E-state index contributed by atoms with van der Waals surface area (Å²) in [5.74, 6) is -0.663. The fourth-order valence-electron chi connectivity index (χ4n) is 4.09. The summed E-state index contributed by atoms with van der Waals surface area (Å²) in [6.45, 7) is 5.90. The number of carbonyl (C=O) groups excluding carboxylic acids is 1. The van der Waals surface area contributed by atoms with Crippen LogP contribution in [-0.2, 0) is 21.4 Å². The summed E-state index contributed by atoms with van der Waals surface area (Å²) in [4.78, 5) is 15.0. The van der Waals surface area contributed by atoms with Crippen molar-refractivity contribution in [1.82, 2.24) is 4.90 Å². The number of benzene rings is 2. The Balaban J connectivity index is 1.80. The Labute approximate surface area is 181 Å². The topological polar surface area (TPSA) is 111 Å². The summed E-state index contributed by atoms with van der Waals surface area (Å²) in [7, 11) is -3.93. The van der Waals surface area contributed by atoms with Crippen molar-refractivity contribution >= 4 is 21.6 Å². The van der Waals surface area contributed by atoms with Crippen LogP contribution in [-0.4, -0.2) is 36.1 Å². The number of sulfonamides is 1. The zero-order valence-electron chi connectivity index (χ0n) is 17.3. The molecule has 0 bridgehead atoms. The SMILES string of the molecule is CC(C)(C)C1C(O)=C(C2=NS(=O)(=O)c3ccccc32)C(=O)N1Cc1ccc(C#N)cc1. The van der Waals surface area contributed by atoms with Crippen LogP contribution in [0.25, 0.3) is 0 Å². The molecule has 0 saturated heterocycles. The van der Waals surface area contributed by atoms with Gasteiger partial charge in [-0.2, -0.15) is 18.1 Å². The number of amides is 1. The molecule has 1 N–H and O–H groups in total. The molecule has 1 amide bonds. The fraction of sp³-hybridized carbons (Fsp3) is 0.261. The molecule has 0 aliphatic carbocycles.